The standard InChI is InChI=1S/C16H16BrClN2O4S/c1-20(2)25(22,23)11-5-7-15(24-3)14(9-11)19-16(21)12-8-10(17)4-6-13(12)18/h4-9H,1-3H3,(H,19,21). The van der Waals surface area contributed by atoms with Crippen LogP contribution in [-0.4, -0.2) is 39.8 Å². The summed E-state index contributed by atoms with van der Waals surface area (Å²) in [4.78, 5) is 12.6. The number of rotatable bonds is 5. The average Bonchev–Trinajstić information content (AvgIpc) is 2.56. The molecule has 0 aromatic heterocycles. The van der Waals surface area contributed by atoms with Gasteiger partial charge in [0.2, 0.25) is 10.0 Å². The largest absolute Gasteiger partial charge is 0.495 e. The highest BCUT2D eigenvalue weighted by Crippen LogP contribution is 2.30. The molecule has 1 amide bonds. The highest BCUT2D eigenvalue weighted by Gasteiger charge is 2.20. The van der Waals surface area contributed by atoms with Crippen LogP contribution in [0.3, 0.4) is 0 Å². The lowest BCUT2D eigenvalue weighted by molar-refractivity contribution is 0.102. The Morgan fingerprint density at radius 3 is 2.48 bits per heavy atom. The SMILES string of the molecule is COc1ccc(S(=O)(=O)N(C)C)cc1NC(=O)c1cc(Br)ccc1Cl. The van der Waals surface area contributed by atoms with Gasteiger partial charge in [0.05, 0.1) is 28.3 Å². The van der Waals surface area contributed by atoms with Crippen LogP contribution >= 0.6 is 27.5 Å². The molecular weight excluding hydrogens is 432 g/mol. The Bertz CT molecular complexity index is 916. The smallest absolute Gasteiger partial charge is 0.257 e. The number of anilines is 1. The molecule has 2 aromatic rings. The molecule has 0 bridgehead atoms. The van der Waals surface area contributed by atoms with Gasteiger partial charge in [0.25, 0.3) is 5.91 Å². The first-order valence-electron chi connectivity index (χ1n) is 7.03. The van der Waals surface area contributed by atoms with Gasteiger partial charge in [0.1, 0.15) is 5.75 Å². The molecule has 1 N–H and O–H groups in total. The number of nitrogens with zero attached hydrogens (tertiary/aromatic N) is 1. The molecule has 0 aliphatic rings. The van der Waals surface area contributed by atoms with Gasteiger partial charge in [-0.3, -0.25) is 4.79 Å². The Morgan fingerprint density at radius 2 is 1.88 bits per heavy atom. The van der Waals surface area contributed by atoms with E-state index in [-0.39, 0.29) is 21.2 Å². The van der Waals surface area contributed by atoms with E-state index >= 15 is 0 Å². The molecule has 9 heteroatoms. The van der Waals surface area contributed by atoms with Crippen molar-refractivity contribution in [3.8, 4) is 5.75 Å². The summed E-state index contributed by atoms with van der Waals surface area (Å²) < 4.78 is 31.5. The molecular formula is C16H16BrClN2O4S. The Kier molecular flexibility index (Phi) is 6.10. The summed E-state index contributed by atoms with van der Waals surface area (Å²) in [7, 11) is 0.640. The highest BCUT2D eigenvalue weighted by molar-refractivity contribution is 9.10. The molecule has 6 nitrogen and oxygen atoms in total. The predicted molar refractivity (Wildman–Crippen MR) is 101 cm³/mol. The van der Waals surface area contributed by atoms with Crippen LogP contribution < -0.4 is 10.1 Å². The number of halogens is 2. The van der Waals surface area contributed by atoms with Crippen molar-refractivity contribution in [2.24, 2.45) is 0 Å². The van der Waals surface area contributed by atoms with Gasteiger partial charge < -0.3 is 10.1 Å². The molecule has 2 rings (SSSR count). The number of hydrogen-bond acceptors (Lipinski definition) is 4. The molecule has 0 aliphatic carbocycles. The Balaban J connectivity index is 2.44. The molecule has 2 aromatic carbocycles. The molecule has 0 unspecified atom stereocenters. The third kappa shape index (κ3) is 4.33. The zero-order valence-corrected chi connectivity index (χ0v) is 16.9. The van der Waals surface area contributed by atoms with Gasteiger partial charge in [-0.1, -0.05) is 27.5 Å². The van der Waals surface area contributed by atoms with Gasteiger partial charge in [-0.2, -0.15) is 0 Å². The molecule has 0 spiro atoms. The number of sulfonamides is 1. The number of carbonyl (C=O) groups is 1. The Labute approximate surface area is 159 Å². The van der Waals surface area contributed by atoms with Gasteiger partial charge in [-0.15, -0.1) is 0 Å². The second-order valence-electron chi connectivity index (χ2n) is 5.23. The number of carbonyl (C=O) groups excluding carboxylic acids is 1. The van der Waals surface area contributed by atoms with Crippen molar-refractivity contribution in [1.29, 1.82) is 0 Å². The number of nitrogens with one attached hydrogen (secondary N) is 1. The van der Waals surface area contributed by atoms with Crippen molar-refractivity contribution < 1.29 is 17.9 Å². The van der Waals surface area contributed by atoms with E-state index in [4.69, 9.17) is 16.3 Å². The summed E-state index contributed by atoms with van der Waals surface area (Å²) in [5.74, 6) is -0.152. The van der Waals surface area contributed by atoms with Crippen LogP contribution in [0, 0.1) is 0 Å². The fraction of sp³-hybridized carbons (Fsp3) is 0.188. The number of amides is 1. The van der Waals surface area contributed by atoms with Crippen molar-refractivity contribution in [2.75, 3.05) is 26.5 Å². The van der Waals surface area contributed by atoms with E-state index in [0.29, 0.717) is 10.2 Å². The molecule has 0 aliphatic heterocycles. The summed E-state index contributed by atoms with van der Waals surface area (Å²) in [6.45, 7) is 0. The summed E-state index contributed by atoms with van der Waals surface area (Å²) in [6.07, 6.45) is 0. The third-order valence-electron chi connectivity index (χ3n) is 3.37. The third-order valence-corrected chi connectivity index (χ3v) is 6.00. The molecule has 0 heterocycles. The van der Waals surface area contributed by atoms with Crippen LogP contribution in [0.4, 0.5) is 5.69 Å². The minimum absolute atomic E-state index is 0.0361. The van der Waals surface area contributed by atoms with E-state index in [1.807, 2.05) is 0 Å². The zero-order chi connectivity index (χ0) is 18.8. The minimum Gasteiger partial charge on any atom is -0.495 e. The van der Waals surface area contributed by atoms with Crippen LogP contribution in [0.25, 0.3) is 0 Å². The molecule has 0 saturated heterocycles. The molecule has 0 fully saturated rings. The first-order valence-corrected chi connectivity index (χ1v) is 9.65. The molecule has 0 radical (unpaired) electrons. The topological polar surface area (TPSA) is 75.7 Å². The molecule has 0 atom stereocenters. The van der Waals surface area contributed by atoms with Gasteiger partial charge >= 0.3 is 0 Å². The lowest BCUT2D eigenvalue weighted by Gasteiger charge is -2.15. The van der Waals surface area contributed by atoms with E-state index in [2.05, 4.69) is 21.2 Å². The van der Waals surface area contributed by atoms with E-state index in [0.717, 1.165) is 4.31 Å². The second-order valence-corrected chi connectivity index (χ2v) is 8.70. The van der Waals surface area contributed by atoms with E-state index in [1.54, 1.807) is 18.2 Å². The van der Waals surface area contributed by atoms with Gasteiger partial charge in [-0.25, -0.2) is 12.7 Å². The van der Waals surface area contributed by atoms with Crippen molar-refractivity contribution in [1.82, 2.24) is 4.31 Å². The molecule has 134 valence electrons. The summed E-state index contributed by atoms with van der Waals surface area (Å²) in [5.41, 5.74) is 0.477. The summed E-state index contributed by atoms with van der Waals surface area (Å²) in [6, 6.07) is 9.11. The fourth-order valence-electron chi connectivity index (χ4n) is 2.02. The van der Waals surface area contributed by atoms with Gasteiger partial charge in [0.15, 0.2) is 0 Å². The lowest BCUT2D eigenvalue weighted by atomic mass is 10.2. The van der Waals surface area contributed by atoms with E-state index < -0.39 is 15.9 Å². The maximum atomic E-state index is 12.5. The number of hydrogen-bond donors (Lipinski definition) is 1. The minimum atomic E-state index is -3.65. The van der Waals surface area contributed by atoms with Crippen LogP contribution in [-0.2, 0) is 10.0 Å². The van der Waals surface area contributed by atoms with E-state index in [1.165, 1.54) is 39.4 Å². The first-order chi connectivity index (χ1) is 11.7. The van der Waals surface area contributed by atoms with Crippen LogP contribution in [0.2, 0.25) is 5.02 Å². The van der Waals surface area contributed by atoms with Crippen LogP contribution in [0.1, 0.15) is 10.4 Å². The monoisotopic (exact) mass is 446 g/mol. The summed E-state index contributed by atoms with van der Waals surface area (Å²) in [5, 5.41) is 2.92. The first kappa shape index (κ1) is 19.7. The van der Waals surface area contributed by atoms with Gasteiger partial charge in [0, 0.05) is 18.6 Å². The van der Waals surface area contributed by atoms with Gasteiger partial charge in [-0.05, 0) is 36.4 Å². The normalized spacial score (nSPS) is 11.4. The van der Waals surface area contributed by atoms with Crippen molar-refractivity contribution >= 4 is 49.1 Å². The quantitative estimate of drug-likeness (QED) is 0.760. The number of methoxy groups -OCH3 is 1. The predicted octanol–water partition coefficient (Wildman–Crippen LogP) is 3.61. The maximum absolute atomic E-state index is 12.5. The highest BCUT2D eigenvalue weighted by atomic mass is 79.9. The van der Waals surface area contributed by atoms with Crippen molar-refractivity contribution in [3.63, 3.8) is 0 Å². The molecule has 25 heavy (non-hydrogen) atoms. The van der Waals surface area contributed by atoms with Crippen molar-refractivity contribution in [3.05, 3.63) is 51.5 Å². The van der Waals surface area contributed by atoms with E-state index in [9.17, 15) is 13.2 Å². The number of ether oxygens (including phenoxy) is 1. The Hall–Kier alpha value is -1.61. The lowest BCUT2D eigenvalue weighted by Crippen LogP contribution is -2.22. The van der Waals surface area contributed by atoms with Crippen molar-refractivity contribution in [2.45, 2.75) is 4.90 Å². The fourth-order valence-corrected chi connectivity index (χ4v) is 3.51. The molecule has 0 saturated carbocycles. The number of benzene rings is 2. The van der Waals surface area contributed by atoms with Crippen LogP contribution in [0.5, 0.6) is 5.75 Å². The zero-order valence-electron chi connectivity index (χ0n) is 13.7. The summed E-state index contributed by atoms with van der Waals surface area (Å²) >= 11 is 9.34. The second kappa shape index (κ2) is 7.74. The van der Waals surface area contributed by atoms with Crippen LogP contribution in [0.15, 0.2) is 45.8 Å². The maximum Gasteiger partial charge on any atom is 0.257 e. The Morgan fingerprint density at radius 1 is 1.20 bits per heavy atom. The average molecular weight is 448 g/mol.